The molecule has 0 saturated carbocycles. The lowest BCUT2D eigenvalue weighted by Crippen LogP contribution is -2.19. The van der Waals surface area contributed by atoms with Gasteiger partial charge in [-0.05, 0) is 53.2 Å². The quantitative estimate of drug-likeness (QED) is 0.828. The van der Waals surface area contributed by atoms with E-state index in [9.17, 15) is 0 Å². The zero-order valence-electron chi connectivity index (χ0n) is 11.1. The number of hydrogen-bond donors (Lipinski definition) is 1. The third-order valence-electron chi connectivity index (χ3n) is 2.89. The minimum Gasteiger partial charge on any atom is -0.312 e. The van der Waals surface area contributed by atoms with E-state index in [4.69, 9.17) is 0 Å². The van der Waals surface area contributed by atoms with Gasteiger partial charge in [-0.15, -0.1) is 11.8 Å². The van der Waals surface area contributed by atoms with Crippen molar-refractivity contribution in [3.8, 4) is 0 Å². The maximum Gasteiger partial charge on any atom is 0.0428 e. The van der Waals surface area contributed by atoms with Crippen LogP contribution in [-0.4, -0.2) is 17.8 Å². The summed E-state index contributed by atoms with van der Waals surface area (Å²) in [6.45, 7) is 2.07. The molecule has 0 saturated heterocycles. The second kappa shape index (κ2) is 7.08. The number of thioether (sulfide) groups is 1. The van der Waals surface area contributed by atoms with E-state index in [-0.39, 0.29) is 0 Å². The number of benzene rings is 1. The average Bonchev–Trinajstić information content (AvgIpc) is 2.41. The third-order valence-corrected chi connectivity index (χ3v) is 5.01. The minimum absolute atomic E-state index is 0.310. The fourth-order valence-electron chi connectivity index (χ4n) is 1.85. The molecule has 0 fully saturated rings. The molecule has 2 rings (SSSR count). The molecule has 0 aliphatic rings. The number of nitrogens with zero attached hydrogens (tertiary/aromatic N) is 1. The monoisotopic (exact) mass is 336 g/mol. The Balaban J connectivity index is 2.06. The highest BCUT2D eigenvalue weighted by molar-refractivity contribution is 9.10. The number of nitrogens with one attached hydrogen (secondary N) is 1. The van der Waals surface area contributed by atoms with Crippen LogP contribution in [0.5, 0.6) is 0 Å². The van der Waals surface area contributed by atoms with E-state index in [0.29, 0.717) is 6.04 Å². The molecule has 1 N–H and O–H groups in total. The highest BCUT2D eigenvalue weighted by Crippen LogP contribution is 2.30. The first-order valence-corrected chi connectivity index (χ1v) is 7.94. The smallest absolute Gasteiger partial charge is 0.0428 e. The molecule has 1 unspecified atom stereocenters. The first-order chi connectivity index (χ1) is 9.20. The lowest BCUT2D eigenvalue weighted by molar-refractivity contribution is 0.658. The van der Waals surface area contributed by atoms with E-state index in [1.165, 1.54) is 16.0 Å². The highest BCUT2D eigenvalue weighted by atomic mass is 79.9. The number of hydrogen-bond acceptors (Lipinski definition) is 3. The molecule has 100 valence electrons. The van der Waals surface area contributed by atoms with Gasteiger partial charge in [0, 0.05) is 33.6 Å². The molecule has 0 aliphatic heterocycles. The Morgan fingerprint density at radius 1 is 1.32 bits per heavy atom. The average molecular weight is 337 g/mol. The molecule has 2 aromatic rings. The van der Waals surface area contributed by atoms with Crippen LogP contribution in [0.3, 0.4) is 0 Å². The fraction of sp³-hybridized carbons (Fsp3) is 0.267. The van der Waals surface area contributed by atoms with Crippen LogP contribution in [0.4, 0.5) is 0 Å². The van der Waals surface area contributed by atoms with E-state index < -0.39 is 0 Å². The fourth-order valence-corrected chi connectivity index (χ4v) is 3.56. The highest BCUT2D eigenvalue weighted by Gasteiger charge is 2.11. The van der Waals surface area contributed by atoms with Crippen molar-refractivity contribution in [1.29, 1.82) is 0 Å². The van der Waals surface area contributed by atoms with E-state index in [2.05, 4.69) is 57.4 Å². The first-order valence-electron chi connectivity index (χ1n) is 6.17. The molecule has 0 amide bonds. The predicted octanol–water partition coefficient (Wildman–Crippen LogP) is 4.21. The van der Waals surface area contributed by atoms with E-state index in [1.54, 1.807) is 0 Å². The summed E-state index contributed by atoms with van der Waals surface area (Å²) in [5, 5.41) is 3.36. The lowest BCUT2D eigenvalue weighted by atomic mass is 10.1. The normalized spacial score (nSPS) is 12.4. The standard InChI is InChI=1S/C15H17BrN2S/c1-11-7-12(9-18-8-11)14(17-2)10-19-15-6-4-3-5-13(15)16/h3-9,14,17H,10H2,1-2H3. The van der Waals surface area contributed by atoms with Crippen molar-refractivity contribution in [2.24, 2.45) is 0 Å². The van der Waals surface area contributed by atoms with Crippen LogP contribution in [0, 0.1) is 6.92 Å². The van der Waals surface area contributed by atoms with Crippen LogP contribution >= 0.6 is 27.7 Å². The van der Waals surface area contributed by atoms with Crippen molar-refractivity contribution < 1.29 is 0 Å². The summed E-state index contributed by atoms with van der Waals surface area (Å²) in [5.74, 6) is 0.976. The van der Waals surface area contributed by atoms with Crippen molar-refractivity contribution in [3.63, 3.8) is 0 Å². The van der Waals surface area contributed by atoms with E-state index >= 15 is 0 Å². The molecule has 1 heterocycles. The number of aromatic nitrogens is 1. The zero-order valence-corrected chi connectivity index (χ0v) is 13.5. The Labute approximate surface area is 127 Å². The molecule has 0 bridgehead atoms. The molecule has 1 aromatic carbocycles. The van der Waals surface area contributed by atoms with Crippen LogP contribution in [0.2, 0.25) is 0 Å². The molecular weight excluding hydrogens is 320 g/mol. The van der Waals surface area contributed by atoms with Gasteiger partial charge in [0.25, 0.3) is 0 Å². The number of aryl methyl sites for hydroxylation is 1. The SMILES string of the molecule is CNC(CSc1ccccc1Br)c1cncc(C)c1. The van der Waals surface area contributed by atoms with Crippen LogP contribution in [0.25, 0.3) is 0 Å². The third kappa shape index (κ3) is 4.06. The summed E-state index contributed by atoms with van der Waals surface area (Å²) < 4.78 is 1.15. The Hall–Kier alpha value is -0.840. The number of halogens is 1. The Kier molecular flexibility index (Phi) is 5.43. The molecule has 19 heavy (non-hydrogen) atoms. The minimum atomic E-state index is 0.310. The van der Waals surface area contributed by atoms with Gasteiger partial charge in [-0.3, -0.25) is 4.98 Å². The van der Waals surface area contributed by atoms with Crippen molar-refractivity contribution in [2.45, 2.75) is 17.9 Å². The zero-order chi connectivity index (χ0) is 13.7. The maximum atomic E-state index is 4.27. The van der Waals surface area contributed by atoms with Crippen LogP contribution < -0.4 is 5.32 Å². The Morgan fingerprint density at radius 3 is 2.79 bits per heavy atom. The molecule has 0 spiro atoms. The number of rotatable bonds is 5. The maximum absolute atomic E-state index is 4.27. The summed E-state index contributed by atoms with van der Waals surface area (Å²) in [6, 6.07) is 10.8. The Bertz CT molecular complexity index is 545. The molecule has 1 aromatic heterocycles. The Morgan fingerprint density at radius 2 is 2.11 bits per heavy atom. The van der Waals surface area contributed by atoms with Gasteiger partial charge in [-0.25, -0.2) is 0 Å². The van der Waals surface area contributed by atoms with Gasteiger partial charge in [0.05, 0.1) is 0 Å². The molecule has 4 heteroatoms. The summed E-state index contributed by atoms with van der Waals surface area (Å²) in [4.78, 5) is 5.53. The lowest BCUT2D eigenvalue weighted by Gasteiger charge is -2.16. The van der Waals surface area contributed by atoms with Crippen LogP contribution in [0.1, 0.15) is 17.2 Å². The van der Waals surface area contributed by atoms with Crippen LogP contribution in [0.15, 0.2) is 52.1 Å². The topological polar surface area (TPSA) is 24.9 Å². The van der Waals surface area contributed by atoms with Crippen molar-refractivity contribution >= 4 is 27.7 Å². The summed E-state index contributed by atoms with van der Waals surface area (Å²) in [6.07, 6.45) is 3.83. The van der Waals surface area contributed by atoms with Gasteiger partial charge >= 0.3 is 0 Å². The molecule has 0 aliphatic carbocycles. The van der Waals surface area contributed by atoms with Gasteiger partial charge in [0.15, 0.2) is 0 Å². The van der Waals surface area contributed by atoms with Gasteiger partial charge in [0.1, 0.15) is 0 Å². The van der Waals surface area contributed by atoms with E-state index in [0.717, 1.165) is 10.2 Å². The van der Waals surface area contributed by atoms with Gasteiger partial charge in [-0.1, -0.05) is 18.2 Å². The van der Waals surface area contributed by atoms with Crippen molar-refractivity contribution in [3.05, 3.63) is 58.3 Å². The molecule has 2 nitrogen and oxygen atoms in total. The second-order valence-corrected chi connectivity index (χ2v) is 6.29. The first kappa shape index (κ1) is 14.6. The predicted molar refractivity (Wildman–Crippen MR) is 85.6 cm³/mol. The largest absolute Gasteiger partial charge is 0.312 e. The summed E-state index contributed by atoms with van der Waals surface area (Å²) in [5.41, 5.74) is 2.44. The summed E-state index contributed by atoms with van der Waals surface area (Å²) >= 11 is 5.43. The van der Waals surface area contributed by atoms with Gasteiger partial charge < -0.3 is 5.32 Å². The molecule has 0 radical (unpaired) electrons. The van der Waals surface area contributed by atoms with Crippen molar-refractivity contribution in [1.82, 2.24) is 10.3 Å². The van der Waals surface area contributed by atoms with Gasteiger partial charge in [0.2, 0.25) is 0 Å². The second-order valence-electron chi connectivity index (χ2n) is 4.38. The number of pyridine rings is 1. The summed E-state index contributed by atoms with van der Waals surface area (Å²) in [7, 11) is 1.99. The molecule has 1 atom stereocenters. The molecular formula is C15H17BrN2S. The van der Waals surface area contributed by atoms with Gasteiger partial charge in [-0.2, -0.15) is 0 Å². The van der Waals surface area contributed by atoms with Crippen molar-refractivity contribution in [2.75, 3.05) is 12.8 Å². The van der Waals surface area contributed by atoms with Crippen LogP contribution in [-0.2, 0) is 0 Å². The van der Waals surface area contributed by atoms with E-state index in [1.807, 2.05) is 37.3 Å².